The Kier molecular flexibility index (Phi) is 6.06. The van der Waals surface area contributed by atoms with Crippen LogP contribution in [0, 0.1) is 5.92 Å². The Morgan fingerprint density at radius 3 is 2.71 bits per heavy atom. The fraction of sp³-hybridized carbons (Fsp3) is 0.812. The maximum atomic E-state index is 6.50. The van der Waals surface area contributed by atoms with Crippen molar-refractivity contribution in [1.82, 2.24) is 14.7 Å². The Morgan fingerprint density at radius 1 is 1.38 bits per heavy atom. The zero-order valence-corrected chi connectivity index (χ0v) is 13.7. The van der Waals surface area contributed by atoms with Gasteiger partial charge < -0.3 is 15.4 Å². The van der Waals surface area contributed by atoms with Crippen LogP contribution < -0.4 is 10.5 Å². The normalized spacial score (nSPS) is 18.1. The van der Waals surface area contributed by atoms with E-state index in [-0.39, 0.29) is 6.04 Å². The minimum Gasteiger partial charge on any atom is -0.493 e. The Balaban J connectivity index is 2.05. The molecule has 0 saturated heterocycles. The SMILES string of the molecule is COc1cnn(CCN(C)C)c1C(N)CC1CCCCC1. The number of methoxy groups -OCH3 is 1. The molecule has 5 heteroatoms. The van der Waals surface area contributed by atoms with Crippen LogP contribution in [-0.2, 0) is 6.54 Å². The molecule has 0 aliphatic heterocycles. The number of hydrogen-bond acceptors (Lipinski definition) is 4. The molecule has 0 aromatic carbocycles. The highest BCUT2D eigenvalue weighted by Crippen LogP contribution is 2.33. The van der Waals surface area contributed by atoms with E-state index in [2.05, 4.69) is 24.1 Å². The van der Waals surface area contributed by atoms with Crippen molar-refractivity contribution in [3.63, 3.8) is 0 Å². The summed E-state index contributed by atoms with van der Waals surface area (Å²) in [4.78, 5) is 2.16. The molecule has 0 radical (unpaired) electrons. The van der Waals surface area contributed by atoms with Gasteiger partial charge in [0.25, 0.3) is 0 Å². The maximum Gasteiger partial charge on any atom is 0.161 e. The lowest BCUT2D eigenvalue weighted by molar-refractivity contribution is 0.305. The van der Waals surface area contributed by atoms with Gasteiger partial charge in [-0.05, 0) is 26.4 Å². The molecule has 1 saturated carbocycles. The summed E-state index contributed by atoms with van der Waals surface area (Å²) in [6.45, 7) is 1.80. The highest BCUT2D eigenvalue weighted by molar-refractivity contribution is 5.28. The van der Waals surface area contributed by atoms with Crippen LogP contribution in [0.2, 0.25) is 0 Å². The molecule has 1 atom stereocenters. The lowest BCUT2D eigenvalue weighted by Gasteiger charge is -2.25. The Labute approximate surface area is 128 Å². The molecule has 2 rings (SSSR count). The second-order valence-electron chi connectivity index (χ2n) is 6.47. The van der Waals surface area contributed by atoms with Gasteiger partial charge in [0.05, 0.1) is 31.6 Å². The van der Waals surface area contributed by atoms with Crippen molar-refractivity contribution in [3.8, 4) is 5.75 Å². The average Bonchev–Trinajstić information content (AvgIpc) is 2.89. The molecule has 1 fully saturated rings. The third kappa shape index (κ3) is 4.45. The average molecular weight is 294 g/mol. The molecule has 0 amide bonds. The first-order valence-electron chi connectivity index (χ1n) is 8.11. The first kappa shape index (κ1) is 16.3. The van der Waals surface area contributed by atoms with E-state index < -0.39 is 0 Å². The highest BCUT2D eigenvalue weighted by atomic mass is 16.5. The van der Waals surface area contributed by atoms with Crippen molar-refractivity contribution in [2.45, 2.75) is 51.1 Å². The monoisotopic (exact) mass is 294 g/mol. The van der Waals surface area contributed by atoms with Crippen molar-refractivity contribution >= 4 is 0 Å². The molecular weight excluding hydrogens is 264 g/mol. The lowest BCUT2D eigenvalue weighted by atomic mass is 9.84. The van der Waals surface area contributed by atoms with Crippen molar-refractivity contribution in [1.29, 1.82) is 0 Å². The van der Waals surface area contributed by atoms with Gasteiger partial charge in [-0.3, -0.25) is 4.68 Å². The highest BCUT2D eigenvalue weighted by Gasteiger charge is 2.23. The molecule has 21 heavy (non-hydrogen) atoms. The van der Waals surface area contributed by atoms with Gasteiger partial charge in [0, 0.05) is 6.54 Å². The number of likely N-dealkylation sites (N-methyl/N-ethyl adjacent to an activating group) is 1. The summed E-state index contributed by atoms with van der Waals surface area (Å²) in [5.41, 5.74) is 7.56. The maximum absolute atomic E-state index is 6.50. The minimum atomic E-state index is 0.0210. The largest absolute Gasteiger partial charge is 0.493 e. The van der Waals surface area contributed by atoms with Crippen LogP contribution in [-0.4, -0.2) is 42.4 Å². The molecule has 1 unspecified atom stereocenters. The Hall–Kier alpha value is -1.07. The zero-order chi connectivity index (χ0) is 15.2. The van der Waals surface area contributed by atoms with Gasteiger partial charge in [0.2, 0.25) is 0 Å². The van der Waals surface area contributed by atoms with Gasteiger partial charge >= 0.3 is 0 Å². The van der Waals surface area contributed by atoms with E-state index in [1.807, 2.05) is 4.68 Å². The fourth-order valence-corrected chi connectivity index (χ4v) is 3.28. The fourth-order valence-electron chi connectivity index (χ4n) is 3.28. The molecule has 2 N–H and O–H groups in total. The third-order valence-corrected chi connectivity index (χ3v) is 4.49. The van der Waals surface area contributed by atoms with Crippen molar-refractivity contribution in [2.24, 2.45) is 11.7 Å². The second-order valence-corrected chi connectivity index (χ2v) is 6.47. The first-order valence-corrected chi connectivity index (χ1v) is 8.11. The summed E-state index contributed by atoms with van der Waals surface area (Å²) in [5.74, 6) is 1.59. The van der Waals surface area contributed by atoms with E-state index in [0.717, 1.165) is 36.9 Å². The minimum absolute atomic E-state index is 0.0210. The van der Waals surface area contributed by atoms with Crippen molar-refractivity contribution < 1.29 is 4.74 Å². The number of ether oxygens (including phenoxy) is 1. The van der Waals surface area contributed by atoms with Crippen LogP contribution in [0.25, 0.3) is 0 Å². The van der Waals surface area contributed by atoms with E-state index in [0.29, 0.717) is 0 Å². The van der Waals surface area contributed by atoms with E-state index in [9.17, 15) is 0 Å². The van der Waals surface area contributed by atoms with Crippen LogP contribution >= 0.6 is 0 Å². The molecule has 120 valence electrons. The van der Waals surface area contributed by atoms with Gasteiger partial charge in [0.1, 0.15) is 0 Å². The predicted octanol–water partition coefficient (Wildman–Crippen LogP) is 2.42. The van der Waals surface area contributed by atoms with Crippen LogP contribution in [0.3, 0.4) is 0 Å². The summed E-state index contributed by atoms with van der Waals surface area (Å²) < 4.78 is 7.49. The summed E-state index contributed by atoms with van der Waals surface area (Å²) in [7, 11) is 5.84. The van der Waals surface area contributed by atoms with Gasteiger partial charge in [-0.1, -0.05) is 32.1 Å². The van der Waals surface area contributed by atoms with E-state index >= 15 is 0 Å². The standard InChI is InChI=1S/C16H30N4O/c1-19(2)9-10-20-16(15(21-3)12-18-20)14(17)11-13-7-5-4-6-8-13/h12-14H,4-11,17H2,1-3H3. The molecule has 0 spiro atoms. The molecular formula is C16H30N4O. The van der Waals surface area contributed by atoms with Gasteiger partial charge in [-0.15, -0.1) is 0 Å². The Bertz CT molecular complexity index is 424. The molecule has 1 aromatic rings. The van der Waals surface area contributed by atoms with Crippen LogP contribution in [0.15, 0.2) is 6.20 Å². The summed E-state index contributed by atoms with van der Waals surface area (Å²) in [5, 5.41) is 4.46. The molecule has 1 aromatic heterocycles. The number of hydrogen-bond donors (Lipinski definition) is 1. The first-order chi connectivity index (χ1) is 10.1. The molecule has 5 nitrogen and oxygen atoms in total. The second kappa shape index (κ2) is 7.80. The molecule has 1 aliphatic rings. The van der Waals surface area contributed by atoms with Gasteiger partial charge in [-0.25, -0.2) is 0 Å². The van der Waals surface area contributed by atoms with E-state index in [1.165, 1.54) is 32.1 Å². The van der Waals surface area contributed by atoms with Crippen LogP contribution in [0.4, 0.5) is 0 Å². The zero-order valence-electron chi connectivity index (χ0n) is 13.7. The third-order valence-electron chi connectivity index (χ3n) is 4.49. The van der Waals surface area contributed by atoms with E-state index in [4.69, 9.17) is 10.5 Å². The number of aromatic nitrogens is 2. The lowest BCUT2D eigenvalue weighted by Crippen LogP contribution is -2.25. The summed E-state index contributed by atoms with van der Waals surface area (Å²) in [6, 6.07) is 0.0210. The van der Waals surface area contributed by atoms with Gasteiger partial charge in [-0.2, -0.15) is 5.10 Å². The van der Waals surface area contributed by atoms with Crippen molar-refractivity contribution in [2.75, 3.05) is 27.7 Å². The summed E-state index contributed by atoms with van der Waals surface area (Å²) >= 11 is 0. The molecule has 1 aliphatic carbocycles. The topological polar surface area (TPSA) is 56.3 Å². The number of nitrogens with two attached hydrogens (primary N) is 1. The predicted molar refractivity (Wildman–Crippen MR) is 85.5 cm³/mol. The summed E-state index contributed by atoms with van der Waals surface area (Å²) in [6.07, 6.45) is 9.58. The van der Waals surface area contributed by atoms with Crippen molar-refractivity contribution in [3.05, 3.63) is 11.9 Å². The molecule has 0 bridgehead atoms. The van der Waals surface area contributed by atoms with Crippen LogP contribution in [0.1, 0.15) is 50.3 Å². The van der Waals surface area contributed by atoms with Gasteiger partial charge in [0.15, 0.2) is 5.75 Å². The molecule has 1 heterocycles. The van der Waals surface area contributed by atoms with E-state index in [1.54, 1.807) is 13.3 Å². The van der Waals surface area contributed by atoms with Crippen LogP contribution in [0.5, 0.6) is 5.75 Å². The number of nitrogens with zero attached hydrogens (tertiary/aromatic N) is 3. The Morgan fingerprint density at radius 2 is 2.10 bits per heavy atom. The smallest absolute Gasteiger partial charge is 0.161 e. The quantitative estimate of drug-likeness (QED) is 0.839. The number of rotatable bonds is 7.